The van der Waals surface area contributed by atoms with Crippen molar-refractivity contribution in [2.45, 2.75) is 49.8 Å². The topological polar surface area (TPSA) is 55.1 Å². The number of nitrogens with two attached hydrogens (primary N) is 1. The van der Waals surface area contributed by atoms with E-state index in [1.54, 1.807) is 6.07 Å². The van der Waals surface area contributed by atoms with Gasteiger partial charge in [0.2, 0.25) is 5.91 Å². The van der Waals surface area contributed by atoms with Crippen molar-refractivity contribution in [2.24, 2.45) is 0 Å². The first-order valence-electron chi connectivity index (χ1n) is 6.50. The molecule has 0 heterocycles. The summed E-state index contributed by atoms with van der Waals surface area (Å²) in [5.41, 5.74) is 6.10. The van der Waals surface area contributed by atoms with E-state index in [9.17, 15) is 9.18 Å². The molecule has 0 aliphatic heterocycles. The Bertz CT molecular complexity index is 435. The minimum atomic E-state index is -0.365. The molecule has 0 radical (unpaired) electrons. The van der Waals surface area contributed by atoms with Gasteiger partial charge in [0, 0.05) is 16.6 Å². The van der Waals surface area contributed by atoms with Gasteiger partial charge in [-0.1, -0.05) is 13.8 Å². The number of carbonyl (C=O) groups is 1. The van der Waals surface area contributed by atoms with Crippen molar-refractivity contribution in [3.05, 3.63) is 24.0 Å². The van der Waals surface area contributed by atoms with E-state index in [2.05, 4.69) is 5.32 Å². The normalized spacial score (nSPS) is 12.5. The highest BCUT2D eigenvalue weighted by Crippen LogP contribution is 2.29. The largest absolute Gasteiger partial charge is 0.398 e. The molecule has 0 aliphatic rings. The number of amides is 1. The maximum absolute atomic E-state index is 12.9. The van der Waals surface area contributed by atoms with Crippen molar-refractivity contribution in [1.82, 2.24) is 5.32 Å². The molecular weight excluding hydrogens is 263 g/mol. The second kappa shape index (κ2) is 7.38. The van der Waals surface area contributed by atoms with E-state index in [0.29, 0.717) is 5.69 Å². The molecule has 0 aromatic heterocycles. The molecule has 3 N–H and O–H groups in total. The number of hydrogen-bond donors (Lipinski definition) is 2. The van der Waals surface area contributed by atoms with Crippen molar-refractivity contribution >= 4 is 23.4 Å². The van der Waals surface area contributed by atoms with Crippen molar-refractivity contribution in [1.29, 1.82) is 0 Å². The molecule has 1 amide bonds. The van der Waals surface area contributed by atoms with Gasteiger partial charge in [0.05, 0.1) is 5.25 Å². The summed E-state index contributed by atoms with van der Waals surface area (Å²) in [6.45, 7) is 5.92. The second-order valence-electron chi connectivity index (χ2n) is 4.46. The third kappa shape index (κ3) is 4.74. The minimum Gasteiger partial charge on any atom is -0.398 e. The summed E-state index contributed by atoms with van der Waals surface area (Å²) in [6, 6.07) is 4.44. The first kappa shape index (κ1) is 15.8. The zero-order valence-corrected chi connectivity index (χ0v) is 12.4. The summed E-state index contributed by atoms with van der Waals surface area (Å²) in [4.78, 5) is 12.7. The summed E-state index contributed by atoms with van der Waals surface area (Å²) in [5.74, 6) is -0.376. The zero-order valence-electron chi connectivity index (χ0n) is 11.6. The van der Waals surface area contributed by atoms with Gasteiger partial charge in [-0.2, -0.15) is 0 Å². The molecule has 1 atom stereocenters. The van der Waals surface area contributed by atoms with Crippen molar-refractivity contribution < 1.29 is 9.18 Å². The predicted molar refractivity (Wildman–Crippen MR) is 78.6 cm³/mol. The van der Waals surface area contributed by atoms with Gasteiger partial charge in [-0.15, -0.1) is 11.8 Å². The monoisotopic (exact) mass is 284 g/mol. The molecule has 0 bridgehead atoms. The van der Waals surface area contributed by atoms with Crippen LogP contribution >= 0.6 is 11.8 Å². The lowest BCUT2D eigenvalue weighted by molar-refractivity contribution is -0.121. The molecule has 1 unspecified atom stereocenters. The Balaban J connectivity index is 2.63. The summed E-state index contributed by atoms with van der Waals surface area (Å²) in [6.07, 6.45) is 1.83. The smallest absolute Gasteiger partial charge is 0.233 e. The first-order chi connectivity index (χ1) is 8.97. The number of anilines is 1. The Labute approximate surface area is 118 Å². The van der Waals surface area contributed by atoms with E-state index in [4.69, 9.17) is 5.73 Å². The molecule has 0 spiro atoms. The summed E-state index contributed by atoms with van der Waals surface area (Å²) in [7, 11) is 0. The SMILES string of the molecule is CCC(CC)NC(=O)C(C)Sc1ccc(F)cc1N. The van der Waals surface area contributed by atoms with E-state index < -0.39 is 0 Å². The van der Waals surface area contributed by atoms with Crippen LogP contribution in [0.3, 0.4) is 0 Å². The zero-order chi connectivity index (χ0) is 14.4. The van der Waals surface area contributed by atoms with E-state index >= 15 is 0 Å². The molecule has 0 saturated carbocycles. The molecule has 5 heteroatoms. The number of halogens is 1. The molecule has 0 saturated heterocycles. The van der Waals surface area contributed by atoms with E-state index in [-0.39, 0.29) is 23.0 Å². The number of benzene rings is 1. The molecule has 0 fully saturated rings. The van der Waals surface area contributed by atoms with Gasteiger partial charge in [-0.05, 0) is 38.0 Å². The Morgan fingerprint density at radius 1 is 1.42 bits per heavy atom. The number of rotatable bonds is 6. The van der Waals surface area contributed by atoms with Crippen LogP contribution in [0.2, 0.25) is 0 Å². The van der Waals surface area contributed by atoms with Crippen LogP contribution in [0.15, 0.2) is 23.1 Å². The second-order valence-corrected chi connectivity index (χ2v) is 5.85. The predicted octanol–water partition coefficient (Wildman–Crippen LogP) is 3.19. The average Bonchev–Trinajstić information content (AvgIpc) is 2.38. The van der Waals surface area contributed by atoms with Gasteiger partial charge >= 0.3 is 0 Å². The summed E-state index contributed by atoms with van der Waals surface area (Å²) >= 11 is 1.35. The van der Waals surface area contributed by atoms with Gasteiger partial charge < -0.3 is 11.1 Å². The lowest BCUT2D eigenvalue weighted by Gasteiger charge is -2.18. The standard InChI is InChI=1S/C14H21FN2OS/c1-4-11(5-2)17-14(18)9(3)19-13-7-6-10(15)8-12(13)16/h6-9,11H,4-5,16H2,1-3H3,(H,17,18). The average molecular weight is 284 g/mol. The minimum absolute atomic E-state index is 0.0116. The van der Waals surface area contributed by atoms with Crippen molar-refractivity contribution in [2.75, 3.05) is 5.73 Å². The molecule has 19 heavy (non-hydrogen) atoms. The molecular formula is C14H21FN2OS. The van der Waals surface area contributed by atoms with Crippen LogP contribution in [0, 0.1) is 5.82 Å². The van der Waals surface area contributed by atoms with Crippen LogP contribution < -0.4 is 11.1 Å². The molecule has 106 valence electrons. The number of nitrogens with one attached hydrogen (secondary N) is 1. The number of nitrogen functional groups attached to an aromatic ring is 1. The summed E-state index contributed by atoms with van der Waals surface area (Å²) in [5, 5.41) is 2.74. The van der Waals surface area contributed by atoms with E-state index in [0.717, 1.165) is 17.7 Å². The Morgan fingerprint density at radius 3 is 2.58 bits per heavy atom. The fraction of sp³-hybridized carbons (Fsp3) is 0.500. The third-order valence-corrected chi connectivity index (χ3v) is 4.17. The lowest BCUT2D eigenvalue weighted by atomic mass is 10.2. The van der Waals surface area contributed by atoms with Crippen LogP contribution in [0.1, 0.15) is 33.6 Å². The Hall–Kier alpha value is -1.23. The van der Waals surface area contributed by atoms with Gasteiger partial charge in [0.1, 0.15) is 5.82 Å². The van der Waals surface area contributed by atoms with Crippen molar-refractivity contribution in [3.63, 3.8) is 0 Å². The number of hydrogen-bond acceptors (Lipinski definition) is 3. The van der Waals surface area contributed by atoms with Gasteiger partial charge in [-0.3, -0.25) is 4.79 Å². The fourth-order valence-electron chi connectivity index (χ4n) is 1.68. The maximum atomic E-state index is 12.9. The van der Waals surface area contributed by atoms with Gasteiger partial charge in [0.25, 0.3) is 0 Å². The van der Waals surface area contributed by atoms with E-state index in [1.807, 2.05) is 20.8 Å². The van der Waals surface area contributed by atoms with Crippen LogP contribution in [0.5, 0.6) is 0 Å². The third-order valence-electron chi connectivity index (χ3n) is 2.98. The molecule has 1 aromatic rings. The van der Waals surface area contributed by atoms with Crippen LogP contribution in [0.4, 0.5) is 10.1 Å². The Morgan fingerprint density at radius 2 is 2.05 bits per heavy atom. The summed E-state index contributed by atoms with van der Waals surface area (Å²) < 4.78 is 12.9. The highest BCUT2D eigenvalue weighted by atomic mass is 32.2. The van der Waals surface area contributed by atoms with Crippen LogP contribution in [-0.2, 0) is 4.79 Å². The van der Waals surface area contributed by atoms with Gasteiger partial charge in [-0.25, -0.2) is 4.39 Å². The number of carbonyl (C=O) groups excluding carboxylic acids is 1. The van der Waals surface area contributed by atoms with Crippen LogP contribution in [0.25, 0.3) is 0 Å². The lowest BCUT2D eigenvalue weighted by Crippen LogP contribution is -2.38. The molecule has 0 aliphatic carbocycles. The maximum Gasteiger partial charge on any atom is 0.233 e. The molecule has 3 nitrogen and oxygen atoms in total. The van der Waals surface area contributed by atoms with Gasteiger partial charge in [0.15, 0.2) is 0 Å². The number of thioether (sulfide) groups is 1. The highest BCUT2D eigenvalue weighted by molar-refractivity contribution is 8.00. The first-order valence-corrected chi connectivity index (χ1v) is 7.37. The van der Waals surface area contributed by atoms with E-state index in [1.165, 1.54) is 23.9 Å². The van der Waals surface area contributed by atoms with Crippen LogP contribution in [-0.4, -0.2) is 17.2 Å². The fourth-order valence-corrected chi connectivity index (χ4v) is 2.58. The highest BCUT2D eigenvalue weighted by Gasteiger charge is 2.18. The quantitative estimate of drug-likeness (QED) is 0.623. The molecule has 1 aromatic carbocycles. The Kier molecular flexibility index (Phi) is 6.15. The van der Waals surface area contributed by atoms with Crippen molar-refractivity contribution in [3.8, 4) is 0 Å². The molecule has 1 rings (SSSR count).